The Kier molecular flexibility index (Phi) is 7.60. The molecule has 5 nitrogen and oxygen atoms in total. The van der Waals surface area contributed by atoms with E-state index >= 15 is 0 Å². The van der Waals surface area contributed by atoms with Crippen LogP contribution in [0.2, 0.25) is 0 Å². The van der Waals surface area contributed by atoms with E-state index in [9.17, 15) is 9.90 Å². The summed E-state index contributed by atoms with van der Waals surface area (Å²) in [4.78, 5) is 15.0. The number of rotatable bonds is 7. The number of carbonyl (C=O) groups is 1. The largest absolute Gasteiger partial charge is 0.507 e. The quantitative estimate of drug-likeness (QED) is 0.739. The molecule has 1 amide bonds. The average Bonchev–Trinajstić information content (AvgIpc) is 2.71. The number of amides is 1. The van der Waals surface area contributed by atoms with E-state index in [4.69, 9.17) is 4.74 Å². The zero-order valence-electron chi connectivity index (χ0n) is 17.5. The first-order valence-electron chi connectivity index (χ1n) is 11.0. The summed E-state index contributed by atoms with van der Waals surface area (Å²) in [5, 5.41) is 13.5. The number of likely N-dealkylation sites (tertiary alicyclic amines) is 1. The molecule has 2 N–H and O–H groups in total. The van der Waals surface area contributed by atoms with E-state index in [1.165, 1.54) is 19.3 Å². The molecule has 0 spiro atoms. The minimum absolute atomic E-state index is 0.247. The molecule has 1 saturated heterocycles. The lowest BCUT2D eigenvalue weighted by Crippen LogP contribution is -2.43. The van der Waals surface area contributed by atoms with Gasteiger partial charge in [-0.2, -0.15) is 0 Å². The summed E-state index contributed by atoms with van der Waals surface area (Å²) in [5.74, 6) is 2.22. The number of hydrogen-bond donors (Lipinski definition) is 2. The second kappa shape index (κ2) is 10.1. The predicted molar refractivity (Wildman–Crippen MR) is 111 cm³/mol. The van der Waals surface area contributed by atoms with Gasteiger partial charge in [0.25, 0.3) is 0 Å². The lowest BCUT2D eigenvalue weighted by Gasteiger charge is -2.38. The molecule has 156 valence electrons. The number of nitrogens with zero attached hydrogens (tertiary/aromatic N) is 1. The molecule has 0 unspecified atom stereocenters. The maximum atomic E-state index is 12.5. The van der Waals surface area contributed by atoms with Gasteiger partial charge in [0.1, 0.15) is 11.5 Å². The fourth-order valence-electron chi connectivity index (χ4n) is 4.85. The monoisotopic (exact) mass is 388 g/mol. The summed E-state index contributed by atoms with van der Waals surface area (Å²) in [6.45, 7) is 4.94. The van der Waals surface area contributed by atoms with Gasteiger partial charge in [-0.1, -0.05) is 38.7 Å². The van der Waals surface area contributed by atoms with Crippen LogP contribution < -0.4 is 10.1 Å². The summed E-state index contributed by atoms with van der Waals surface area (Å²) >= 11 is 0. The van der Waals surface area contributed by atoms with Gasteiger partial charge < -0.3 is 15.2 Å². The smallest absolute Gasteiger partial charge is 0.220 e. The lowest BCUT2D eigenvalue weighted by atomic mass is 9.81. The topological polar surface area (TPSA) is 61.8 Å². The molecule has 1 aromatic carbocycles. The van der Waals surface area contributed by atoms with Gasteiger partial charge in [-0.05, 0) is 43.7 Å². The first kappa shape index (κ1) is 21.0. The molecule has 0 aromatic heterocycles. The number of phenols is 1. The highest BCUT2D eigenvalue weighted by Crippen LogP contribution is 2.32. The number of piperidine rings is 1. The van der Waals surface area contributed by atoms with Crippen LogP contribution in [0, 0.1) is 11.8 Å². The summed E-state index contributed by atoms with van der Waals surface area (Å²) in [7, 11) is 1.61. The SMILES string of the molecule is CC[C@@H]1CN(Cc2ccc(OC)cc2O)CC[C@H]1CC(=O)NC1CCCCC1. The first-order chi connectivity index (χ1) is 13.6. The number of methoxy groups -OCH3 is 1. The van der Waals surface area contributed by atoms with Gasteiger partial charge >= 0.3 is 0 Å². The zero-order chi connectivity index (χ0) is 19.9. The van der Waals surface area contributed by atoms with Crippen LogP contribution >= 0.6 is 0 Å². The van der Waals surface area contributed by atoms with Crippen molar-refractivity contribution >= 4 is 5.91 Å². The lowest BCUT2D eigenvalue weighted by molar-refractivity contribution is -0.123. The van der Waals surface area contributed by atoms with E-state index in [-0.39, 0.29) is 5.91 Å². The van der Waals surface area contributed by atoms with Crippen molar-refractivity contribution in [1.82, 2.24) is 10.2 Å². The van der Waals surface area contributed by atoms with E-state index in [1.807, 2.05) is 12.1 Å². The van der Waals surface area contributed by atoms with E-state index in [0.29, 0.717) is 35.8 Å². The van der Waals surface area contributed by atoms with E-state index in [0.717, 1.165) is 50.9 Å². The minimum atomic E-state index is 0.247. The summed E-state index contributed by atoms with van der Waals surface area (Å²) in [5.41, 5.74) is 0.934. The Morgan fingerprint density at radius 2 is 2.00 bits per heavy atom. The Morgan fingerprint density at radius 3 is 2.68 bits per heavy atom. The Balaban J connectivity index is 1.50. The highest BCUT2D eigenvalue weighted by molar-refractivity contribution is 5.76. The highest BCUT2D eigenvalue weighted by Gasteiger charge is 2.30. The normalized spacial score (nSPS) is 24.1. The number of carbonyl (C=O) groups excluding carboxylic acids is 1. The zero-order valence-corrected chi connectivity index (χ0v) is 17.5. The number of hydrogen-bond acceptors (Lipinski definition) is 4. The van der Waals surface area contributed by atoms with Crippen molar-refractivity contribution in [2.45, 2.75) is 70.9 Å². The molecular weight excluding hydrogens is 352 g/mol. The fourth-order valence-corrected chi connectivity index (χ4v) is 4.85. The molecule has 1 heterocycles. The minimum Gasteiger partial charge on any atom is -0.507 e. The number of ether oxygens (including phenoxy) is 1. The molecule has 1 aromatic rings. The van der Waals surface area contributed by atoms with Crippen LogP contribution in [-0.2, 0) is 11.3 Å². The predicted octanol–water partition coefficient (Wildman–Crippen LogP) is 4.09. The third-order valence-electron chi connectivity index (χ3n) is 6.60. The van der Waals surface area contributed by atoms with Crippen molar-refractivity contribution in [3.8, 4) is 11.5 Å². The van der Waals surface area contributed by atoms with E-state index in [1.54, 1.807) is 13.2 Å². The molecule has 2 fully saturated rings. The van der Waals surface area contributed by atoms with Gasteiger partial charge in [0.15, 0.2) is 0 Å². The molecule has 1 aliphatic heterocycles. The summed E-state index contributed by atoms with van der Waals surface area (Å²) < 4.78 is 5.17. The Labute approximate surface area is 169 Å². The second-order valence-corrected chi connectivity index (χ2v) is 8.55. The van der Waals surface area contributed by atoms with Crippen molar-refractivity contribution in [2.75, 3.05) is 20.2 Å². The van der Waals surface area contributed by atoms with Gasteiger partial charge in [-0.15, -0.1) is 0 Å². The van der Waals surface area contributed by atoms with Crippen molar-refractivity contribution in [3.05, 3.63) is 23.8 Å². The van der Waals surface area contributed by atoms with Gasteiger partial charge in [-0.25, -0.2) is 0 Å². The van der Waals surface area contributed by atoms with E-state index < -0.39 is 0 Å². The van der Waals surface area contributed by atoms with Gasteiger partial charge in [-0.3, -0.25) is 9.69 Å². The second-order valence-electron chi connectivity index (χ2n) is 8.55. The van der Waals surface area contributed by atoms with Crippen LogP contribution in [0.25, 0.3) is 0 Å². The van der Waals surface area contributed by atoms with Gasteiger partial charge in [0.2, 0.25) is 5.91 Å². The average molecular weight is 389 g/mol. The maximum absolute atomic E-state index is 12.5. The van der Waals surface area contributed by atoms with Crippen LogP contribution in [0.15, 0.2) is 18.2 Å². The Hall–Kier alpha value is -1.75. The van der Waals surface area contributed by atoms with Crippen LogP contribution in [0.5, 0.6) is 11.5 Å². The van der Waals surface area contributed by atoms with Crippen molar-refractivity contribution in [1.29, 1.82) is 0 Å². The van der Waals surface area contributed by atoms with Gasteiger partial charge in [0.05, 0.1) is 7.11 Å². The maximum Gasteiger partial charge on any atom is 0.220 e. The van der Waals surface area contributed by atoms with Crippen molar-refractivity contribution < 1.29 is 14.6 Å². The fraction of sp³-hybridized carbons (Fsp3) is 0.696. The molecule has 2 aliphatic rings. The molecule has 5 heteroatoms. The molecular formula is C23H36N2O3. The molecule has 0 bridgehead atoms. The van der Waals surface area contributed by atoms with Gasteiger partial charge in [0, 0.05) is 37.2 Å². The Bertz CT molecular complexity index is 643. The highest BCUT2D eigenvalue weighted by atomic mass is 16.5. The number of benzene rings is 1. The molecule has 28 heavy (non-hydrogen) atoms. The third-order valence-corrected chi connectivity index (χ3v) is 6.60. The van der Waals surface area contributed by atoms with Crippen LogP contribution in [0.4, 0.5) is 0 Å². The molecule has 3 rings (SSSR count). The van der Waals surface area contributed by atoms with Crippen LogP contribution in [0.1, 0.15) is 63.9 Å². The summed E-state index contributed by atoms with van der Waals surface area (Å²) in [6.07, 6.45) is 8.90. The molecule has 1 aliphatic carbocycles. The summed E-state index contributed by atoms with van der Waals surface area (Å²) in [6, 6.07) is 5.92. The standard InChI is InChI=1S/C23H36N2O3/c1-3-17-15-25(16-19-9-10-21(28-2)14-22(19)26)12-11-18(17)13-23(27)24-20-7-5-4-6-8-20/h9-10,14,17-18,20,26H,3-8,11-13,15-16H2,1-2H3,(H,24,27)/t17-,18+/m1/s1. The van der Waals surface area contributed by atoms with Crippen LogP contribution in [-0.4, -0.2) is 42.2 Å². The number of aromatic hydroxyl groups is 1. The van der Waals surface area contributed by atoms with E-state index in [2.05, 4.69) is 17.1 Å². The molecule has 1 saturated carbocycles. The molecule has 0 radical (unpaired) electrons. The first-order valence-corrected chi connectivity index (χ1v) is 11.0. The number of nitrogens with one attached hydrogen (secondary N) is 1. The Morgan fingerprint density at radius 1 is 1.21 bits per heavy atom. The third kappa shape index (κ3) is 5.63. The molecule has 2 atom stereocenters. The number of phenolic OH excluding ortho intramolecular Hbond substituents is 1. The van der Waals surface area contributed by atoms with Crippen molar-refractivity contribution in [3.63, 3.8) is 0 Å². The van der Waals surface area contributed by atoms with Crippen LogP contribution in [0.3, 0.4) is 0 Å². The van der Waals surface area contributed by atoms with Crippen molar-refractivity contribution in [2.24, 2.45) is 11.8 Å².